The van der Waals surface area contributed by atoms with E-state index in [9.17, 15) is 9.50 Å². The summed E-state index contributed by atoms with van der Waals surface area (Å²) in [5.74, 6) is -0.138. The van der Waals surface area contributed by atoms with Crippen LogP contribution in [0.25, 0.3) is 0 Å². The van der Waals surface area contributed by atoms with Gasteiger partial charge in [-0.25, -0.2) is 4.39 Å². The first-order valence-electron chi connectivity index (χ1n) is 6.51. The van der Waals surface area contributed by atoms with Crippen LogP contribution in [0.4, 0.5) is 4.39 Å². The summed E-state index contributed by atoms with van der Waals surface area (Å²) < 4.78 is 19.3. The van der Waals surface area contributed by atoms with Gasteiger partial charge < -0.3 is 9.84 Å². The van der Waals surface area contributed by atoms with Crippen LogP contribution in [0.2, 0.25) is 0 Å². The predicted octanol–water partition coefficient (Wildman–Crippen LogP) is 3.71. The van der Waals surface area contributed by atoms with Crippen molar-refractivity contribution in [2.24, 2.45) is 0 Å². The van der Waals surface area contributed by atoms with E-state index in [0.717, 1.165) is 11.1 Å². The SMILES string of the molecule is COc1cccc(F)c1C(C)(O)c1ccc(C)c(C)c1. The summed E-state index contributed by atoms with van der Waals surface area (Å²) >= 11 is 0. The summed E-state index contributed by atoms with van der Waals surface area (Å²) in [6, 6.07) is 10.2. The van der Waals surface area contributed by atoms with Crippen molar-refractivity contribution in [2.75, 3.05) is 7.11 Å². The molecule has 1 atom stereocenters. The topological polar surface area (TPSA) is 29.5 Å². The number of hydrogen-bond acceptors (Lipinski definition) is 2. The number of benzene rings is 2. The van der Waals surface area contributed by atoms with Gasteiger partial charge in [0.2, 0.25) is 0 Å². The maximum absolute atomic E-state index is 14.2. The monoisotopic (exact) mass is 274 g/mol. The molecule has 0 radical (unpaired) electrons. The Morgan fingerprint density at radius 3 is 2.40 bits per heavy atom. The van der Waals surface area contributed by atoms with E-state index in [-0.39, 0.29) is 5.56 Å². The van der Waals surface area contributed by atoms with Crippen molar-refractivity contribution in [3.8, 4) is 5.75 Å². The largest absolute Gasteiger partial charge is 0.496 e. The maximum Gasteiger partial charge on any atom is 0.133 e. The lowest BCUT2D eigenvalue weighted by atomic mass is 9.86. The second-order valence-electron chi connectivity index (χ2n) is 5.19. The smallest absolute Gasteiger partial charge is 0.133 e. The molecule has 0 amide bonds. The van der Waals surface area contributed by atoms with E-state index < -0.39 is 11.4 Å². The zero-order valence-corrected chi connectivity index (χ0v) is 12.2. The summed E-state index contributed by atoms with van der Waals surface area (Å²) in [4.78, 5) is 0. The molecular weight excluding hydrogens is 255 g/mol. The molecule has 0 saturated heterocycles. The van der Waals surface area contributed by atoms with Gasteiger partial charge in [-0.1, -0.05) is 24.3 Å². The van der Waals surface area contributed by atoms with Gasteiger partial charge in [0.15, 0.2) is 0 Å². The molecule has 2 aromatic carbocycles. The number of rotatable bonds is 3. The zero-order chi connectivity index (χ0) is 14.9. The Morgan fingerprint density at radius 2 is 1.80 bits per heavy atom. The molecule has 0 fully saturated rings. The van der Waals surface area contributed by atoms with Gasteiger partial charge in [0.05, 0.1) is 12.7 Å². The summed E-state index contributed by atoms with van der Waals surface area (Å²) in [5, 5.41) is 10.8. The molecule has 2 nitrogen and oxygen atoms in total. The van der Waals surface area contributed by atoms with E-state index in [1.165, 1.54) is 13.2 Å². The molecule has 0 spiro atoms. The lowest BCUT2D eigenvalue weighted by Crippen LogP contribution is -2.25. The molecule has 0 saturated carbocycles. The number of hydrogen-bond donors (Lipinski definition) is 1. The number of aryl methyl sites for hydroxylation is 2. The summed E-state index contributed by atoms with van der Waals surface area (Å²) in [5.41, 5.74) is 1.53. The van der Waals surface area contributed by atoms with Crippen molar-refractivity contribution in [2.45, 2.75) is 26.4 Å². The Hall–Kier alpha value is -1.87. The molecule has 2 rings (SSSR count). The van der Waals surface area contributed by atoms with Crippen LogP contribution in [0.15, 0.2) is 36.4 Å². The quantitative estimate of drug-likeness (QED) is 0.924. The van der Waals surface area contributed by atoms with E-state index in [1.807, 2.05) is 32.0 Å². The number of methoxy groups -OCH3 is 1. The van der Waals surface area contributed by atoms with Crippen molar-refractivity contribution in [3.63, 3.8) is 0 Å². The van der Waals surface area contributed by atoms with E-state index in [0.29, 0.717) is 11.3 Å². The fourth-order valence-electron chi connectivity index (χ4n) is 2.34. The maximum atomic E-state index is 14.2. The molecule has 106 valence electrons. The second kappa shape index (κ2) is 5.25. The first kappa shape index (κ1) is 14.5. The molecular formula is C17H19FO2. The summed E-state index contributed by atoms with van der Waals surface area (Å²) in [6.45, 7) is 5.54. The molecule has 0 aliphatic rings. The van der Waals surface area contributed by atoms with Gasteiger partial charge in [-0.15, -0.1) is 0 Å². The van der Waals surface area contributed by atoms with Gasteiger partial charge in [-0.2, -0.15) is 0 Å². The van der Waals surface area contributed by atoms with E-state index in [2.05, 4.69) is 0 Å². The Morgan fingerprint density at radius 1 is 1.10 bits per heavy atom. The summed E-state index contributed by atoms with van der Waals surface area (Å²) in [7, 11) is 1.47. The lowest BCUT2D eigenvalue weighted by Gasteiger charge is -2.27. The van der Waals surface area contributed by atoms with Crippen LogP contribution in [0, 0.1) is 19.7 Å². The molecule has 0 aromatic heterocycles. The first-order valence-corrected chi connectivity index (χ1v) is 6.51. The standard InChI is InChI=1S/C17H19FO2/c1-11-8-9-13(10-12(11)2)17(3,19)16-14(18)6-5-7-15(16)20-4/h5-10,19H,1-4H3. The minimum absolute atomic E-state index is 0.158. The average Bonchev–Trinajstić information content (AvgIpc) is 2.41. The number of aliphatic hydroxyl groups is 1. The zero-order valence-electron chi connectivity index (χ0n) is 12.2. The lowest BCUT2D eigenvalue weighted by molar-refractivity contribution is 0.0944. The average molecular weight is 274 g/mol. The van der Waals surface area contributed by atoms with Crippen molar-refractivity contribution in [1.29, 1.82) is 0 Å². The minimum Gasteiger partial charge on any atom is -0.496 e. The minimum atomic E-state index is -1.45. The van der Waals surface area contributed by atoms with Crippen molar-refractivity contribution < 1.29 is 14.2 Å². The van der Waals surface area contributed by atoms with E-state index in [1.54, 1.807) is 19.1 Å². The molecule has 1 N–H and O–H groups in total. The van der Waals surface area contributed by atoms with Gasteiger partial charge in [0.25, 0.3) is 0 Å². The van der Waals surface area contributed by atoms with Crippen molar-refractivity contribution in [3.05, 3.63) is 64.5 Å². The molecule has 0 aliphatic carbocycles. The highest BCUT2D eigenvalue weighted by Gasteiger charge is 2.32. The van der Waals surface area contributed by atoms with Gasteiger partial charge in [-0.3, -0.25) is 0 Å². The third-order valence-electron chi connectivity index (χ3n) is 3.75. The number of halogens is 1. The van der Waals surface area contributed by atoms with Crippen LogP contribution >= 0.6 is 0 Å². The van der Waals surface area contributed by atoms with Gasteiger partial charge in [-0.05, 0) is 49.6 Å². The Balaban J connectivity index is 2.62. The molecule has 20 heavy (non-hydrogen) atoms. The molecule has 0 bridgehead atoms. The van der Waals surface area contributed by atoms with Crippen LogP contribution in [-0.2, 0) is 5.60 Å². The van der Waals surface area contributed by atoms with Crippen LogP contribution in [0.3, 0.4) is 0 Å². The molecule has 0 aliphatic heterocycles. The van der Waals surface area contributed by atoms with Crippen LogP contribution in [0.1, 0.15) is 29.2 Å². The van der Waals surface area contributed by atoms with Gasteiger partial charge in [0.1, 0.15) is 17.2 Å². The third-order valence-corrected chi connectivity index (χ3v) is 3.75. The van der Waals surface area contributed by atoms with Crippen molar-refractivity contribution in [1.82, 2.24) is 0 Å². The second-order valence-corrected chi connectivity index (χ2v) is 5.19. The van der Waals surface area contributed by atoms with Crippen LogP contribution < -0.4 is 4.74 Å². The normalized spacial score (nSPS) is 13.9. The van der Waals surface area contributed by atoms with E-state index >= 15 is 0 Å². The Kier molecular flexibility index (Phi) is 3.82. The predicted molar refractivity (Wildman–Crippen MR) is 77.5 cm³/mol. The highest BCUT2D eigenvalue weighted by molar-refractivity contribution is 5.46. The fourth-order valence-corrected chi connectivity index (χ4v) is 2.34. The van der Waals surface area contributed by atoms with Gasteiger partial charge in [0, 0.05) is 0 Å². The van der Waals surface area contributed by atoms with Crippen LogP contribution in [-0.4, -0.2) is 12.2 Å². The van der Waals surface area contributed by atoms with E-state index in [4.69, 9.17) is 4.74 Å². The Labute approximate surface area is 118 Å². The molecule has 1 unspecified atom stereocenters. The van der Waals surface area contributed by atoms with Crippen LogP contribution in [0.5, 0.6) is 5.75 Å². The van der Waals surface area contributed by atoms with Crippen molar-refractivity contribution >= 4 is 0 Å². The van der Waals surface area contributed by atoms with Gasteiger partial charge >= 0.3 is 0 Å². The molecule has 0 heterocycles. The molecule has 3 heteroatoms. The summed E-state index contributed by atoms with van der Waals surface area (Å²) in [6.07, 6.45) is 0. The highest BCUT2D eigenvalue weighted by Crippen LogP contribution is 2.37. The Bertz CT molecular complexity index is 633. The molecule has 2 aromatic rings. The third kappa shape index (κ3) is 2.41. The number of ether oxygens (including phenoxy) is 1. The highest BCUT2D eigenvalue weighted by atomic mass is 19.1. The fraction of sp³-hybridized carbons (Fsp3) is 0.294. The first-order chi connectivity index (χ1) is 9.37.